The Morgan fingerprint density at radius 1 is 0.848 bits per heavy atom. The molecular formula is C27H29N3O3. The Morgan fingerprint density at radius 2 is 1.52 bits per heavy atom. The molecule has 0 aliphatic carbocycles. The maximum Gasteiger partial charge on any atom is 0.256 e. The van der Waals surface area contributed by atoms with E-state index in [1.54, 1.807) is 36.4 Å². The van der Waals surface area contributed by atoms with Crippen molar-refractivity contribution >= 4 is 17.5 Å². The van der Waals surface area contributed by atoms with Crippen LogP contribution < -0.4 is 10.1 Å². The van der Waals surface area contributed by atoms with E-state index < -0.39 is 0 Å². The van der Waals surface area contributed by atoms with Gasteiger partial charge in [0.05, 0.1) is 17.9 Å². The number of carbonyl (C=O) groups is 2. The van der Waals surface area contributed by atoms with Gasteiger partial charge in [0.2, 0.25) is 0 Å². The highest BCUT2D eigenvalue weighted by atomic mass is 16.5. The van der Waals surface area contributed by atoms with Gasteiger partial charge >= 0.3 is 0 Å². The van der Waals surface area contributed by atoms with Gasteiger partial charge < -0.3 is 19.9 Å². The van der Waals surface area contributed by atoms with Crippen LogP contribution in [0.4, 0.5) is 5.69 Å². The van der Waals surface area contributed by atoms with Gasteiger partial charge in [0.1, 0.15) is 5.75 Å². The molecule has 1 aliphatic heterocycles. The van der Waals surface area contributed by atoms with Gasteiger partial charge in [0, 0.05) is 38.2 Å². The fourth-order valence-corrected chi connectivity index (χ4v) is 3.79. The van der Waals surface area contributed by atoms with E-state index >= 15 is 0 Å². The second-order valence-electron chi connectivity index (χ2n) is 8.20. The predicted molar refractivity (Wildman–Crippen MR) is 130 cm³/mol. The van der Waals surface area contributed by atoms with Crippen LogP contribution >= 0.6 is 0 Å². The van der Waals surface area contributed by atoms with Crippen molar-refractivity contribution in [3.8, 4) is 5.75 Å². The van der Waals surface area contributed by atoms with Crippen LogP contribution in [0, 0.1) is 0 Å². The third-order valence-corrected chi connectivity index (χ3v) is 5.81. The number of piperazine rings is 1. The first-order valence-corrected chi connectivity index (χ1v) is 11.2. The molecule has 1 aliphatic rings. The normalized spacial score (nSPS) is 14.0. The summed E-state index contributed by atoms with van der Waals surface area (Å²) in [6.45, 7) is 3.63. The van der Waals surface area contributed by atoms with E-state index in [1.165, 1.54) is 5.56 Å². The van der Waals surface area contributed by atoms with Crippen LogP contribution in [0.1, 0.15) is 26.3 Å². The third kappa shape index (κ3) is 5.99. The molecule has 1 fully saturated rings. The topological polar surface area (TPSA) is 61.9 Å². The molecule has 3 aromatic rings. The summed E-state index contributed by atoms with van der Waals surface area (Å²) in [4.78, 5) is 29.9. The van der Waals surface area contributed by atoms with Crippen LogP contribution in [0.3, 0.4) is 0 Å². The van der Waals surface area contributed by atoms with Crippen molar-refractivity contribution in [1.82, 2.24) is 9.80 Å². The number of nitrogens with zero attached hydrogens (tertiary/aromatic N) is 2. The summed E-state index contributed by atoms with van der Waals surface area (Å²) in [6, 6.07) is 24.4. The molecule has 170 valence electrons. The number of para-hydroxylation sites is 1. The molecular weight excluding hydrogens is 414 g/mol. The van der Waals surface area contributed by atoms with E-state index in [2.05, 4.69) is 29.4 Å². The average molecular weight is 444 g/mol. The van der Waals surface area contributed by atoms with Crippen LogP contribution in [0.5, 0.6) is 5.75 Å². The first kappa shape index (κ1) is 22.6. The number of hydrogen-bond donors (Lipinski definition) is 1. The van der Waals surface area contributed by atoms with Gasteiger partial charge in [-0.05, 0) is 49.0 Å². The number of benzene rings is 3. The van der Waals surface area contributed by atoms with Gasteiger partial charge in [0.25, 0.3) is 11.8 Å². The molecule has 33 heavy (non-hydrogen) atoms. The van der Waals surface area contributed by atoms with Gasteiger partial charge in [-0.15, -0.1) is 0 Å². The molecule has 0 radical (unpaired) electrons. The fourth-order valence-electron chi connectivity index (χ4n) is 3.79. The molecule has 6 nitrogen and oxygen atoms in total. The number of hydrogen-bond acceptors (Lipinski definition) is 4. The second kappa shape index (κ2) is 10.8. The molecule has 1 N–H and O–H groups in total. The molecule has 1 saturated heterocycles. The second-order valence-corrected chi connectivity index (χ2v) is 8.20. The number of likely N-dealkylation sites (N-methyl/N-ethyl adjacent to an activating group) is 1. The highest BCUT2D eigenvalue weighted by molar-refractivity contribution is 6.09. The molecule has 0 saturated carbocycles. The smallest absolute Gasteiger partial charge is 0.256 e. The summed E-state index contributed by atoms with van der Waals surface area (Å²) in [6.07, 6.45) is 0.821. The number of rotatable bonds is 7. The van der Waals surface area contributed by atoms with Crippen molar-refractivity contribution in [3.63, 3.8) is 0 Å². The highest BCUT2D eigenvalue weighted by Gasteiger charge is 2.23. The van der Waals surface area contributed by atoms with Gasteiger partial charge in [-0.2, -0.15) is 0 Å². The Balaban J connectivity index is 1.36. The summed E-state index contributed by atoms with van der Waals surface area (Å²) in [5.74, 6) is 0.402. The molecule has 0 bridgehead atoms. The quantitative estimate of drug-likeness (QED) is 0.601. The summed E-state index contributed by atoms with van der Waals surface area (Å²) in [5.41, 5.74) is 2.76. The molecule has 0 aromatic heterocycles. The van der Waals surface area contributed by atoms with Crippen molar-refractivity contribution in [2.24, 2.45) is 0 Å². The summed E-state index contributed by atoms with van der Waals surface area (Å²) in [5, 5.41) is 2.90. The largest absolute Gasteiger partial charge is 0.493 e. The van der Waals surface area contributed by atoms with Crippen LogP contribution in [0.2, 0.25) is 0 Å². The number of ether oxygens (including phenoxy) is 1. The monoisotopic (exact) mass is 443 g/mol. The van der Waals surface area contributed by atoms with Crippen LogP contribution in [0.25, 0.3) is 0 Å². The Labute approximate surface area is 194 Å². The number of anilines is 1. The standard InChI is InChI=1S/C27H29N3O3/c1-29-16-18-30(19-17-29)27(32)24-9-5-6-10-25(24)28-26(31)22-11-13-23(14-12-22)33-20-15-21-7-3-2-4-8-21/h2-14H,15-20H2,1H3,(H,28,31). The van der Waals surface area contributed by atoms with E-state index in [0.29, 0.717) is 42.3 Å². The third-order valence-electron chi connectivity index (χ3n) is 5.81. The van der Waals surface area contributed by atoms with Crippen molar-refractivity contribution < 1.29 is 14.3 Å². The minimum atomic E-state index is -0.260. The van der Waals surface area contributed by atoms with E-state index in [0.717, 1.165) is 19.5 Å². The van der Waals surface area contributed by atoms with E-state index in [9.17, 15) is 9.59 Å². The average Bonchev–Trinajstić information content (AvgIpc) is 2.85. The predicted octanol–water partition coefficient (Wildman–Crippen LogP) is 3.95. The first-order chi connectivity index (χ1) is 16.1. The van der Waals surface area contributed by atoms with Crippen molar-refractivity contribution in [1.29, 1.82) is 0 Å². The fraction of sp³-hybridized carbons (Fsp3) is 0.259. The van der Waals surface area contributed by atoms with Gasteiger partial charge in [-0.25, -0.2) is 0 Å². The molecule has 1 heterocycles. The number of nitrogens with one attached hydrogen (secondary N) is 1. The molecule has 3 aromatic carbocycles. The lowest BCUT2D eigenvalue weighted by molar-refractivity contribution is 0.0665. The van der Waals surface area contributed by atoms with Crippen LogP contribution in [-0.4, -0.2) is 61.4 Å². The number of carbonyl (C=O) groups excluding carboxylic acids is 2. The van der Waals surface area contributed by atoms with Crippen molar-refractivity contribution in [3.05, 3.63) is 95.6 Å². The van der Waals surface area contributed by atoms with Crippen molar-refractivity contribution in [2.45, 2.75) is 6.42 Å². The van der Waals surface area contributed by atoms with E-state index in [1.807, 2.05) is 35.2 Å². The van der Waals surface area contributed by atoms with Crippen LogP contribution in [-0.2, 0) is 6.42 Å². The Kier molecular flexibility index (Phi) is 7.37. The van der Waals surface area contributed by atoms with Gasteiger partial charge in [-0.3, -0.25) is 9.59 Å². The number of amides is 2. The lowest BCUT2D eigenvalue weighted by Gasteiger charge is -2.32. The Hall–Kier alpha value is -3.64. The maximum atomic E-state index is 13.0. The summed E-state index contributed by atoms with van der Waals surface area (Å²) in [7, 11) is 2.05. The van der Waals surface area contributed by atoms with E-state index in [-0.39, 0.29) is 11.8 Å². The zero-order chi connectivity index (χ0) is 23.0. The molecule has 4 rings (SSSR count). The molecule has 0 spiro atoms. The minimum absolute atomic E-state index is 0.0545. The zero-order valence-electron chi connectivity index (χ0n) is 18.9. The first-order valence-electron chi connectivity index (χ1n) is 11.2. The zero-order valence-corrected chi connectivity index (χ0v) is 18.9. The summed E-state index contributed by atoms with van der Waals surface area (Å²) >= 11 is 0. The molecule has 0 unspecified atom stereocenters. The SMILES string of the molecule is CN1CCN(C(=O)c2ccccc2NC(=O)c2ccc(OCCc3ccccc3)cc2)CC1. The highest BCUT2D eigenvalue weighted by Crippen LogP contribution is 2.20. The lowest BCUT2D eigenvalue weighted by Crippen LogP contribution is -2.47. The minimum Gasteiger partial charge on any atom is -0.493 e. The molecule has 0 atom stereocenters. The Morgan fingerprint density at radius 3 is 2.24 bits per heavy atom. The van der Waals surface area contributed by atoms with Crippen molar-refractivity contribution in [2.75, 3.05) is 45.2 Å². The van der Waals surface area contributed by atoms with Crippen LogP contribution in [0.15, 0.2) is 78.9 Å². The Bertz CT molecular complexity index is 1080. The lowest BCUT2D eigenvalue weighted by atomic mass is 10.1. The van der Waals surface area contributed by atoms with Gasteiger partial charge in [-0.1, -0.05) is 42.5 Å². The van der Waals surface area contributed by atoms with E-state index in [4.69, 9.17) is 4.74 Å². The molecule has 2 amide bonds. The maximum absolute atomic E-state index is 13.0. The van der Waals surface area contributed by atoms with Gasteiger partial charge in [0.15, 0.2) is 0 Å². The molecule has 6 heteroatoms. The summed E-state index contributed by atoms with van der Waals surface area (Å²) < 4.78 is 5.80.